The van der Waals surface area contributed by atoms with Crippen LogP contribution in [0.5, 0.6) is 0 Å². The van der Waals surface area contributed by atoms with Gasteiger partial charge < -0.3 is 5.43 Å². The van der Waals surface area contributed by atoms with Crippen molar-refractivity contribution in [2.75, 3.05) is 10.7 Å². The molecule has 0 atom stereocenters. The van der Waals surface area contributed by atoms with Gasteiger partial charge in [0.2, 0.25) is 5.95 Å². The zero-order valence-electron chi connectivity index (χ0n) is 9.38. The second kappa shape index (κ2) is 4.98. The molecule has 0 aliphatic rings. The molecule has 0 saturated heterocycles. The predicted octanol–water partition coefficient (Wildman–Crippen LogP) is 0.401. The van der Waals surface area contributed by atoms with Crippen LogP contribution in [0.3, 0.4) is 0 Å². The van der Waals surface area contributed by atoms with Crippen molar-refractivity contribution in [3.8, 4) is 0 Å². The molecule has 0 saturated carbocycles. The van der Waals surface area contributed by atoms with Crippen LogP contribution in [0.25, 0.3) is 0 Å². The Morgan fingerprint density at radius 3 is 2.89 bits per heavy atom. The van der Waals surface area contributed by atoms with Gasteiger partial charge in [0.15, 0.2) is 0 Å². The number of aryl methyl sites for hydroxylation is 1. The van der Waals surface area contributed by atoms with Crippen molar-refractivity contribution in [2.45, 2.75) is 0 Å². The molecule has 2 rings (SSSR count). The third-order valence-corrected chi connectivity index (χ3v) is 2.33. The van der Waals surface area contributed by atoms with Gasteiger partial charge in [-0.15, -0.1) is 0 Å². The van der Waals surface area contributed by atoms with E-state index >= 15 is 0 Å². The van der Waals surface area contributed by atoms with Crippen LogP contribution in [0.15, 0.2) is 18.5 Å². The van der Waals surface area contributed by atoms with Gasteiger partial charge in [-0.25, -0.2) is 15.5 Å². The first-order valence-electron chi connectivity index (χ1n) is 4.89. The van der Waals surface area contributed by atoms with Crippen molar-refractivity contribution < 1.29 is 4.79 Å². The molecule has 1 amide bonds. The van der Waals surface area contributed by atoms with Crippen molar-refractivity contribution in [3.63, 3.8) is 0 Å². The molecule has 0 radical (unpaired) electrons. The summed E-state index contributed by atoms with van der Waals surface area (Å²) in [6.07, 6.45) is 1.34. The Hall–Kier alpha value is -2.19. The molecule has 18 heavy (non-hydrogen) atoms. The number of pyridine rings is 1. The molecule has 2 aromatic rings. The quantitative estimate of drug-likeness (QED) is 0.422. The van der Waals surface area contributed by atoms with E-state index in [1.807, 2.05) is 0 Å². The molecular formula is C9H10ClN7O. The third kappa shape index (κ3) is 2.55. The number of nitrogens with two attached hydrogens (primary N) is 1. The number of hydrogen-bond acceptors (Lipinski definition) is 6. The maximum absolute atomic E-state index is 11.9. The van der Waals surface area contributed by atoms with E-state index in [0.29, 0.717) is 17.3 Å². The second-order valence-electron chi connectivity index (χ2n) is 3.37. The lowest BCUT2D eigenvalue weighted by Crippen LogP contribution is -2.17. The molecule has 0 aliphatic carbocycles. The summed E-state index contributed by atoms with van der Waals surface area (Å²) < 4.78 is 1.43. The Morgan fingerprint density at radius 2 is 2.28 bits per heavy atom. The molecular weight excluding hydrogens is 258 g/mol. The predicted molar refractivity (Wildman–Crippen MR) is 66.0 cm³/mol. The van der Waals surface area contributed by atoms with Gasteiger partial charge in [0, 0.05) is 12.6 Å². The van der Waals surface area contributed by atoms with Crippen molar-refractivity contribution in [1.82, 2.24) is 19.7 Å². The summed E-state index contributed by atoms with van der Waals surface area (Å²) in [7, 11) is 1.66. The molecule has 9 heteroatoms. The van der Waals surface area contributed by atoms with Crippen molar-refractivity contribution >= 4 is 29.3 Å². The summed E-state index contributed by atoms with van der Waals surface area (Å²) in [5.74, 6) is 5.46. The van der Waals surface area contributed by atoms with E-state index in [4.69, 9.17) is 17.4 Å². The minimum atomic E-state index is -0.382. The minimum Gasteiger partial charge on any atom is -0.308 e. The Bertz CT molecular complexity index is 582. The number of anilines is 2. The number of halogens is 1. The monoisotopic (exact) mass is 267 g/mol. The zero-order valence-corrected chi connectivity index (χ0v) is 10.1. The van der Waals surface area contributed by atoms with Gasteiger partial charge in [-0.2, -0.15) is 10.1 Å². The average molecular weight is 268 g/mol. The van der Waals surface area contributed by atoms with Gasteiger partial charge in [-0.05, 0) is 12.1 Å². The van der Waals surface area contributed by atoms with E-state index in [1.165, 1.54) is 23.1 Å². The molecule has 2 heterocycles. The molecule has 4 N–H and O–H groups in total. The maximum atomic E-state index is 11.9. The molecule has 2 aromatic heterocycles. The fourth-order valence-corrected chi connectivity index (χ4v) is 1.49. The smallest absolute Gasteiger partial charge is 0.258 e. The first kappa shape index (κ1) is 12.3. The van der Waals surface area contributed by atoms with Gasteiger partial charge in [-0.3, -0.25) is 10.1 Å². The molecule has 94 valence electrons. The lowest BCUT2D eigenvalue weighted by Gasteiger charge is -2.06. The molecule has 0 aliphatic heterocycles. The van der Waals surface area contributed by atoms with Crippen LogP contribution in [-0.4, -0.2) is 25.7 Å². The van der Waals surface area contributed by atoms with Gasteiger partial charge in [0.25, 0.3) is 5.91 Å². The number of amides is 1. The molecule has 0 bridgehead atoms. The van der Waals surface area contributed by atoms with Crippen LogP contribution < -0.4 is 16.6 Å². The third-order valence-electron chi connectivity index (χ3n) is 2.14. The Labute approximate surface area is 107 Å². The lowest BCUT2D eigenvalue weighted by atomic mass is 10.2. The molecule has 0 aromatic carbocycles. The van der Waals surface area contributed by atoms with Crippen molar-refractivity contribution in [1.29, 1.82) is 0 Å². The maximum Gasteiger partial charge on any atom is 0.258 e. The SMILES string of the molecule is Cn1ncnc1NC(=O)c1cc(Cl)nc(NN)c1. The fourth-order valence-electron chi connectivity index (χ4n) is 1.29. The summed E-state index contributed by atoms with van der Waals surface area (Å²) in [5.41, 5.74) is 2.64. The summed E-state index contributed by atoms with van der Waals surface area (Å²) in [6, 6.07) is 2.89. The van der Waals surface area contributed by atoms with Gasteiger partial charge in [0.1, 0.15) is 17.3 Å². The number of hydrazine groups is 1. The Kier molecular flexibility index (Phi) is 3.40. The van der Waals surface area contributed by atoms with Crippen LogP contribution in [0.1, 0.15) is 10.4 Å². The van der Waals surface area contributed by atoms with Crippen LogP contribution in [0.2, 0.25) is 5.15 Å². The summed E-state index contributed by atoms with van der Waals surface area (Å²) in [5, 5.41) is 6.58. The number of aromatic nitrogens is 4. The standard InChI is InChI=1S/C9H10ClN7O/c1-17-9(12-4-13-17)15-8(18)5-2-6(10)14-7(3-5)16-11/h2-4H,11H2,1H3,(H,14,16)(H,12,13,15,18). The van der Waals surface area contributed by atoms with Crippen LogP contribution >= 0.6 is 11.6 Å². The highest BCUT2D eigenvalue weighted by Crippen LogP contribution is 2.14. The number of carbonyl (C=O) groups excluding carboxylic acids is 1. The van der Waals surface area contributed by atoms with Crippen LogP contribution in [-0.2, 0) is 7.05 Å². The van der Waals surface area contributed by atoms with E-state index in [0.717, 1.165) is 0 Å². The number of nitrogens with one attached hydrogen (secondary N) is 2. The molecule has 0 unspecified atom stereocenters. The van der Waals surface area contributed by atoms with Crippen molar-refractivity contribution in [3.05, 3.63) is 29.2 Å². The summed E-state index contributed by atoms with van der Waals surface area (Å²) >= 11 is 5.77. The van der Waals surface area contributed by atoms with Gasteiger partial charge >= 0.3 is 0 Å². The highest BCUT2D eigenvalue weighted by atomic mass is 35.5. The van der Waals surface area contributed by atoms with Crippen LogP contribution in [0, 0.1) is 0 Å². The summed E-state index contributed by atoms with van der Waals surface area (Å²) in [6.45, 7) is 0. The van der Waals surface area contributed by atoms with E-state index in [1.54, 1.807) is 7.05 Å². The highest BCUT2D eigenvalue weighted by molar-refractivity contribution is 6.30. The number of nitrogen functional groups attached to an aromatic ring is 1. The van der Waals surface area contributed by atoms with Gasteiger partial charge in [-0.1, -0.05) is 11.6 Å². The minimum absolute atomic E-state index is 0.161. The lowest BCUT2D eigenvalue weighted by molar-refractivity contribution is 0.102. The first-order valence-corrected chi connectivity index (χ1v) is 5.27. The van der Waals surface area contributed by atoms with Crippen LogP contribution in [0.4, 0.5) is 11.8 Å². The molecule has 0 spiro atoms. The van der Waals surface area contributed by atoms with Gasteiger partial charge in [0.05, 0.1) is 0 Å². The Balaban J connectivity index is 2.24. The average Bonchev–Trinajstić information content (AvgIpc) is 2.74. The number of carbonyl (C=O) groups is 1. The molecule has 0 fully saturated rings. The largest absolute Gasteiger partial charge is 0.308 e. The van der Waals surface area contributed by atoms with E-state index in [2.05, 4.69) is 25.8 Å². The van der Waals surface area contributed by atoms with Crippen molar-refractivity contribution in [2.24, 2.45) is 12.9 Å². The topological polar surface area (TPSA) is 111 Å². The van der Waals surface area contributed by atoms with E-state index < -0.39 is 0 Å². The molecule has 8 nitrogen and oxygen atoms in total. The normalized spacial score (nSPS) is 10.2. The second-order valence-corrected chi connectivity index (χ2v) is 3.76. The first-order chi connectivity index (χ1) is 8.60. The highest BCUT2D eigenvalue weighted by Gasteiger charge is 2.11. The Morgan fingerprint density at radius 1 is 1.50 bits per heavy atom. The number of hydrogen-bond donors (Lipinski definition) is 3. The number of nitrogens with zero attached hydrogens (tertiary/aromatic N) is 4. The number of rotatable bonds is 3. The summed E-state index contributed by atoms with van der Waals surface area (Å²) in [4.78, 5) is 19.7. The zero-order chi connectivity index (χ0) is 13.1. The van der Waals surface area contributed by atoms with E-state index in [9.17, 15) is 4.79 Å². The fraction of sp³-hybridized carbons (Fsp3) is 0.111. The van der Waals surface area contributed by atoms with E-state index in [-0.39, 0.29) is 11.1 Å².